The molecule has 1 rings (SSSR count). The Labute approximate surface area is 118 Å². The first-order chi connectivity index (χ1) is 9.58. The summed E-state index contributed by atoms with van der Waals surface area (Å²) in [5.41, 5.74) is 0.493. The van der Waals surface area contributed by atoms with Gasteiger partial charge >= 0.3 is 12.0 Å². The number of nitrogens with one attached hydrogen (secondary N) is 2. The predicted octanol–water partition coefficient (Wildman–Crippen LogP) is 2.46. The molecule has 0 fully saturated rings. The van der Waals surface area contributed by atoms with E-state index in [1.807, 2.05) is 6.92 Å². The lowest BCUT2D eigenvalue weighted by atomic mass is 10.1. The summed E-state index contributed by atoms with van der Waals surface area (Å²) in [5, 5.41) is 14.1. The van der Waals surface area contributed by atoms with Gasteiger partial charge in [-0.3, -0.25) is 0 Å². The Kier molecular flexibility index (Phi) is 6.36. The first-order valence-corrected chi connectivity index (χ1v) is 6.51. The zero-order valence-electron chi connectivity index (χ0n) is 11.7. The highest BCUT2D eigenvalue weighted by Gasteiger charge is 2.19. The van der Waals surface area contributed by atoms with Gasteiger partial charge in [0.25, 0.3) is 0 Å². The molecule has 0 aliphatic rings. The average molecular weight is 280 g/mol. The van der Waals surface area contributed by atoms with Crippen molar-refractivity contribution in [1.29, 1.82) is 0 Å². The van der Waals surface area contributed by atoms with E-state index in [1.54, 1.807) is 24.3 Å². The average Bonchev–Trinajstić information content (AvgIpc) is 2.43. The number of benzene rings is 1. The van der Waals surface area contributed by atoms with Crippen LogP contribution < -0.4 is 15.4 Å². The fraction of sp³-hybridized carbons (Fsp3) is 0.429. The molecule has 1 aromatic carbocycles. The molecule has 6 nitrogen and oxygen atoms in total. The molecule has 0 radical (unpaired) electrons. The number of aliphatic carboxylic acids is 1. The number of carboxylic acid groups (broad SMARTS) is 1. The van der Waals surface area contributed by atoms with Crippen LogP contribution in [-0.4, -0.2) is 30.3 Å². The van der Waals surface area contributed by atoms with Gasteiger partial charge in [-0.15, -0.1) is 0 Å². The lowest BCUT2D eigenvalue weighted by molar-refractivity contribution is -0.139. The molecular formula is C14H20N2O4. The van der Waals surface area contributed by atoms with Crippen LogP contribution in [0.3, 0.4) is 0 Å². The lowest BCUT2D eigenvalue weighted by Crippen LogP contribution is -2.43. The minimum absolute atomic E-state index is 0.408. The molecule has 0 bridgehead atoms. The highest BCUT2D eigenvalue weighted by atomic mass is 16.5. The zero-order chi connectivity index (χ0) is 15.0. The van der Waals surface area contributed by atoms with Crippen LogP contribution in [0.2, 0.25) is 0 Å². The minimum atomic E-state index is -1.03. The molecule has 0 spiro atoms. The number of carbonyl (C=O) groups is 2. The summed E-state index contributed by atoms with van der Waals surface area (Å²) in [5.74, 6) is -0.517. The summed E-state index contributed by atoms with van der Waals surface area (Å²) in [6.07, 6.45) is 2.02. The number of urea groups is 1. The Morgan fingerprint density at radius 3 is 2.65 bits per heavy atom. The van der Waals surface area contributed by atoms with Gasteiger partial charge in [-0.1, -0.05) is 31.9 Å². The van der Waals surface area contributed by atoms with E-state index in [9.17, 15) is 9.59 Å². The van der Waals surface area contributed by atoms with Crippen molar-refractivity contribution in [2.45, 2.75) is 32.2 Å². The molecule has 0 aromatic heterocycles. The predicted molar refractivity (Wildman–Crippen MR) is 76.1 cm³/mol. The van der Waals surface area contributed by atoms with Crippen molar-refractivity contribution in [3.63, 3.8) is 0 Å². The van der Waals surface area contributed by atoms with Crippen molar-refractivity contribution in [3.8, 4) is 5.75 Å². The molecule has 2 amide bonds. The van der Waals surface area contributed by atoms with Crippen LogP contribution in [0.25, 0.3) is 0 Å². The Balaban J connectivity index is 2.63. The topological polar surface area (TPSA) is 87.7 Å². The molecule has 6 heteroatoms. The van der Waals surface area contributed by atoms with Crippen molar-refractivity contribution in [1.82, 2.24) is 5.32 Å². The fourth-order valence-corrected chi connectivity index (χ4v) is 1.73. The second-order valence-corrected chi connectivity index (χ2v) is 4.33. The Hall–Kier alpha value is -2.24. The van der Waals surface area contributed by atoms with Gasteiger partial charge in [0.05, 0.1) is 12.8 Å². The number of carboxylic acids is 1. The fourth-order valence-electron chi connectivity index (χ4n) is 1.73. The number of rotatable bonds is 7. The number of unbranched alkanes of at least 4 members (excludes halogenated alkanes) is 1. The zero-order valence-corrected chi connectivity index (χ0v) is 11.7. The molecule has 0 unspecified atom stereocenters. The van der Waals surface area contributed by atoms with Gasteiger partial charge in [0.15, 0.2) is 0 Å². The van der Waals surface area contributed by atoms with Gasteiger partial charge in [-0.25, -0.2) is 9.59 Å². The normalized spacial score (nSPS) is 11.5. The summed E-state index contributed by atoms with van der Waals surface area (Å²) in [4.78, 5) is 22.9. The van der Waals surface area contributed by atoms with Gasteiger partial charge in [0.2, 0.25) is 0 Å². The smallest absolute Gasteiger partial charge is 0.326 e. The number of anilines is 1. The lowest BCUT2D eigenvalue weighted by Gasteiger charge is -2.15. The van der Waals surface area contributed by atoms with E-state index in [1.165, 1.54) is 7.11 Å². The molecule has 3 N–H and O–H groups in total. The SMILES string of the molecule is CCCC[C@H](NC(=O)Nc1ccccc1OC)C(=O)O. The van der Waals surface area contributed by atoms with Gasteiger partial charge in [0.1, 0.15) is 11.8 Å². The molecule has 1 aromatic rings. The van der Waals surface area contributed by atoms with E-state index in [4.69, 9.17) is 9.84 Å². The quantitative estimate of drug-likeness (QED) is 0.716. The van der Waals surface area contributed by atoms with Crippen LogP contribution in [0, 0.1) is 0 Å². The Bertz CT molecular complexity index is 462. The van der Waals surface area contributed by atoms with Crippen LogP contribution in [0.5, 0.6) is 5.75 Å². The number of para-hydroxylation sites is 2. The van der Waals surface area contributed by atoms with Gasteiger partial charge in [-0.05, 0) is 18.6 Å². The molecule has 1 atom stereocenters. The van der Waals surface area contributed by atoms with Crippen LogP contribution in [0.1, 0.15) is 26.2 Å². The number of carbonyl (C=O) groups excluding carboxylic acids is 1. The monoisotopic (exact) mass is 280 g/mol. The maximum absolute atomic E-state index is 11.8. The number of ether oxygens (including phenoxy) is 1. The van der Waals surface area contributed by atoms with Crippen LogP contribution in [0.15, 0.2) is 24.3 Å². The number of hydrogen-bond donors (Lipinski definition) is 3. The van der Waals surface area contributed by atoms with E-state index < -0.39 is 18.0 Å². The van der Waals surface area contributed by atoms with E-state index >= 15 is 0 Å². The van der Waals surface area contributed by atoms with Crippen molar-refractivity contribution in [2.24, 2.45) is 0 Å². The summed E-state index contributed by atoms with van der Waals surface area (Å²) < 4.78 is 5.10. The third-order valence-corrected chi connectivity index (χ3v) is 2.80. The van der Waals surface area contributed by atoms with Crippen molar-refractivity contribution in [3.05, 3.63) is 24.3 Å². The van der Waals surface area contributed by atoms with E-state index in [0.29, 0.717) is 17.9 Å². The van der Waals surface area contributed by atoms with Crippen LogP contribution in [0.4, 0.5) is 10.5 Å². The highest BCUT2D eigenvalue weighted by molar-refractivity contribution is 5.93. The molecule has 110 valence electrons. The Morgan fingerprint density at radius 2 is 2.05 bits per heavy atom. The first kappa shape index (κ1) is 15.8. The molecule has 20 heavy (non-hydrogen) atoms. The first-order valence-electron chi connectivity index (χ1n) is 6.51. The summed E-state index contributed by atoms with van der Waals surface area (Å²) in [6, 6.07) is 5.48. The number of amides is 2. The molecule has 0 aliphatic carbocycles. The van der Waals surface area contributed by atoms with Crippen LogP contribution >= 0.6 is 0 Å². The van der Waals surface area contributed by atoms with Gasteiger partial charge in [-0.2, -0.15) is 0 Å². The maximum atomic E-state index is 11.8. The number of hydrogen-bond acceptors (Lipinski definition) is 3. The standard InChI is InChI=1S/C14H20N2O4/c1-3-4-7-11(13(17)18)16-14(19)15-10-8-5-6-9-12(10)20-2/h5-6,8-9,11H,3-4,7H2,1-2H3,(H,17,18)(H2,15,16,19)/t11-/m0/s1. The third kappa shape index (κ3) is 4.79. The number of methoxy groups -OCH3 is 1. The van der Waals surface area contributed by atoms with Crippen molar-refractivity contribution < 1.29 is 19.4 Å². The molecule has 0 saturated carbocycles. The summed E-state index contributed by atoms with van der Waals surface area (Å²) in [6.45, 7) is 1.97. The Morgan fingerprint density at radius 1 is 1.35 bits per heavy atom. The van der Waals surface area contributed by atoms with E-state index in [2.05, 4.69) is 10.6 Å². The molecule has 0 aliphatic heterocycles. The molecule has 0 heterocycles. The van der Waals surface area contributed by atoms with E-state index in [0.717, 1.165) is 12.8 Å². The maximum Gasteiger partial charge on any atom is 0.326 e. The second kappa shape index (κ2) is 8.04. The highest BCUT2D eigenvalue weighted by Crippen LogP contribution is 2.22. The minimum Gasteiger partial charge on any atom is -0.495 e. The largest absolute Gasteiger partial charge is 0.495 e. The summed E-state index contributed by atoms with van der Waals surface area (Å²) in [7, 11) is 1.50. The van der Waals surface area contributed by atoms with Crippen molar-refractivity contribution in [2.75, 3.05) is 12.4 Å². The van der Waals surface area contributed by atoms with Gasteiger partial charge in [0, 0.05) is 0 Å². The van der Waals surface area contributed by atoms with Gasteiger partial charge < -0.3 is 20.5 Å². The summed E-state index contributed by atoms with van der Waals surface area (Å²) >= 11 is 0. The van der Waals surface area contributed by atoms with Crippen molar-refractivity contribution >= 4 is 17.7 Å². The second-order valence-electron chi connectivity index (χ2n) is 4.33. The molecule has 0 saturated heterocycles. The molecular weight excluding hydrogens is 260 g/mol. The van der Waals surface area contributed by atoms with E-state index in [-0.39, 0.29) is 0 Å². The van der Waals surface area contributed by atoms with Crippen LogP contribution in [-0.2, 0) is 4.79 Å². The third-order valence-electron chi connectivity index (χ3n) is 2.80.